The maximum absolute atomic E-state index is 10.9. The fourth-order valence-electron chi connectivity index (χ4n) is 3.15. The normalized spacial score (nSPS) is 19.6. The summed E-state index contributed by atoms with van der Waals surface area (Å²) in [6.07, 6.45) is 2.68. The van der Waals surface area contributed by atoms with Crippen molar-refractivity contribution in [1.29, 1.82) is 0 Å². The summed E-state index contributed by atoms with van der Waals surface area (Å²) in [5.74, 6) is 0.734. The number of likely N-dealkylation sites (tertiary alicyclic amines) is 1. The lowest BCUT2D eigenvalue weighted by molar-refractivity contribution is -0.0409. The van der Waals surface area contributed by atoms with Crippen LogP contribution in [0, 0.1) is 6.92 Å². The van der Waals surface area contributed by atoms with Crippen LogP contribution in [-0.2, 0) is 5.60 Å². The summed E-state index contributed by atoms with van der Waals surface area (Å²) in [6.45, 7) is 7.25. The van der Waals surface area contributed by atoms with Crippen molar-refractivity contribution >= 4 is 11.0 Å². The van der Waals surface area contributed by atoms with Gasteiger partial charge in [0.05, 0.1) is 0 Å². The molecule has 0 atom stereocenters. The third-order valence-electron chi connectivity index (χ3n) is 4.42. The van der Waals surface area contributed by atoms with Gasteiger partial charge in [-0.2, -0.15) is 0 Å². The van der Waals surface area contributed by atoms with E-state index in [4.69, 9.17) is 4.42 Å². The van der Waals surface area contributed by atoms with Crippen molar-refractivity contribution in [1.82, 2.24) is 4.90 Å². The molecule has 1 N–H and O–H groups in total. The van der Waals surface area contributed by atoms with Gasteiger partial charge in [0.15, 0.2) is 0 Å². The Labute approximate surface area is 120 Å². The van der Waals surface area contributed by atoms with E-state index in [0.717, 1.165) is 54.8 Å². The van der Waals surface area contributed by atoms with Crippen molar-refractivity contribution in [2.75, 3.05) is 19.6 Å². The van der Waals surface area contributed by atoms with Crippen LogP contribution in [0.4, 0.5) is 0 Å². The van der Waals surface area contributed by atoms with Gasteiger partial charge in [0, 0.05) is 18.5 Å². The molecule has 2 heterocycles. The van der Waals surface area contributed by atoms with Crippen LogP contribution >= 0.6 is 0 Å². The average molecular weight is 273 g/mol. The fourth-order valence-corrected chi connectivity index (χ4v) is 3.15. The number of furan rings is 1. The second-order valence-electron chi connectivity index (χ2n) is 5.98. The van der Waals surface area contributed by atoms with Gasteiger partial charge in [-0.25, -0.2) is 0 Å². The quantitative estimate of drug-likeness (QED) is 0.930. The summed E-state index contributed by atoms with van der Waals surface area (Å²) >= 11 is 0. The van der Waals surface area contributed by atoms with Gasteiger partial charge in [0.25, 0.3) is 0 Å². The molecule has 0 spiro atoms. The zero-order valence-corrected chi connectivity index (χ0v) is 12.4. The predicted molar refractivity (Wildman–Crippen MR) is 80.8 cm³/mol. The third kappa shape index (κ3) is 2.36. The summed E-state index contributed by atoms with van der Waals surface area (Å²) in [5.41, 5.74) is 1.24. The molecule has 3 rings (SSSR count). The zero-order chi connectivity index (χ0) is 14.2. The van der Waals surface area contributed by atoms with Gasteiger partial charge in [-0.1, -0.05) is 25.1 Å². The first kappa shape index (κ1) is 13.7. The van der Waals surface area contributed by atoms with Crippen LogP contribution in [-0.4, -0.2) is 29.6 Å². The molecular weight excluding hydrogens is 250 g/mol. The molecular formula is C17H23NO2. The van der Waals surface area contributed by atoms with E-state index >= 15 is 0 Å². The minimum absolute atomic E-state index is 0.734. The summed E-state index contributed by atoms with van der Waals surface area (Å²) in [6, 6.07) is 8.14. The number of aryl methyl sites for hydroxylation is 1. The average Bonchev–Trinajstić information content (AvgIpc) is 2.88. The molecule has 3 nitrogen and oxygen atoms in total. The molecule has 0 amide bonds. The molecule has 1 aliphatic rings. The first-order valence-electron chi connectivity index (χ1n) is 7.57. The van der Waals surface area contributed by atoms with E-state index in [9.17, 15) is 5.11 Å². The Balaban J connectivity index is 1.85. The van der Waals surface area contributed by atoms with Crippen molar-refractivity contribution in [3.63, 3.8) is 0 Å². The lowest BCUT2D eigenvalue weighted by Crippen LogP contribution is -2.42. The van der Waals surface area contributed by atoms with Gasteiger partial charge in [0.1, 0.15) is 16.9 Å². The fraction of sp³-hybridized carbons (Fsp3) is 0.529. The van der Waals surface area contributed by atoms with Crippen molar-refractivity contribution in [3.05, 3.63) is 35.6 Å². The Morgan fingerprint density at radius 3 is 2.70 bits per heavy atom. The summed E-state index contributed by atoms with van der Waals surface area (Å²) in [7, 11) is 0. The van der Waals surface area contributed by atoms with E-state index in [1.807, 2.05) is 31.2 Å². The largest absolute Gasteiger partial charge is 0.458 e. The maximum Gasteiger partial charge on any atom is 0.137 e. The molecule has 1 aliphatic heterocycles. The molecule has 0 bridgehead atoms. The first-order valence-corrected chi connectivity index (χ1v) is 7.57. The Bertz CT molecular complexity index is 594. The maximum atomic E-state index is 10.9. The lowest BCUT2D eigenvalue weighted by Gasteiger charge is -2.36. The molecule has 0 radical (unpaired) electrons. The molecule has 3 heteroatoms. The van der Waals surface area contributed by atoms with Crippen LogP contribution in [0.25, 0.3) is 11.0 Å². The lowest BCUT2D eigenvalue weighted by atomic mass is 9.89. The van der Waals surface area contributed by atoms with Gasteiger partial charge in [0.2, 0.25) is 0 Å². The minimum atomic E-state index is -0.796. The third-order valence-corrected chi connectivity index (χ3v) is 4.42. The summed E-state index contributed by atoms with van der Waals surface area (Å²) in [4.78, 5) is 2.42. The van der Waals surface area contributed by atoms with Crippen molar-refractivity contribution < 1.29 is 9.52 Å². The van der Waals surface area contributed by atoms with Crippen molar-refractivity contribution in [2.24, 2.45) is 0 Å². The van der Waals surface area contributed by atoms with E-state index in [0.29, 0.717) is 0 Å². The number of piperidine rings is 1. The minimum Gasteiger partial charge on any atom is -0.458 e. The zero-order valence-electron chi connectivity index (χ0n) is 12.4. The number of hydrogen-bond acceptors (Lipinski definition) is 3. The molecule has 1 saturated heterocycles. The molecule has 0 aliphatic carbocycles. The van der Waals surface area contributed by atoms with Gasteiger partial charge in [-0.15, -0.1) is 0 Å². The number of nitrogens with zero attached hydrogens (tertiary/aromatic N) is 1. The number of rotatable bonds is 3. The highest BCUT2D eigenvalue weighted by Crippen LogP contribution is 2.36. The number of para-hydroxylation sites is 1. The number of aliphatic hydroxyl groups is 1. The van der Waals surface area contributed by atoms with Gasteiger partial charge in [-0.3, -0.25) is 0 Å². The van der Waals surface area contributed by atoms with Crippen LogP contribution in [0.15, 0.2) is 28.7 Å². The predicted octanol–water partition coefficient (Wildman–Crippen LogP) is 3.43. The molecule has 1 aromatic heterocycles. The molecule has 0 saturated carbocycles. The molecule has 108 valence electrons. The SMILES string of the molecule is CCCN1CCC(O)(c2cc3cccc(C)c3o2)CC1. The van der Waals surface area contributed by atoms with Crippen LogP contribution in [0.5, 0.6) is 0 Å². The van der Waals surface area contributed by atoms with Gasteiger partial charge < -0.3 is 14.4 Å². The van der Waals surface area contributed by atoms with Gasteiger partial charge >= 0.3 is 0 Å². The number of hydrogen-bond donors (Lipinski definition) is 1. The van der Waals surface area contributed by atoms with Crippen LogP contribution in [0.2, 0.25) is 0 Å². The van der Waals surface area contributed by atoms with E-state index in [-0.39, 0.29) is 0 Å². The van der Waals surface area contributed by atoms with E-state index in [1.165, 1.54) is 6.42 Å². The smallest absolute Gasteiger partial charge is 0.137 e. The highest BCUT2D eigenvalue weighted by Gasteiger charge is 2.36. The molecule has 1 aromatic carbocycles. The Morgan fingerprint density at radius 2 is 2.05 bits per heavy atom. The van der Waals surface area contributed by atoms with Crippen LogP contribution in [0.3, 0.4) is 0 Å². The molecule has 2 aromatic rings. The Morgan fingerprint density at radius 1 is 1.30 bits per heavy atom. The Kier molecular flexibility index (Phi) is 3.57. The standard InChI is InChI=1S/C17H23NO2/c1-3-9-18-10-7-17(19,8-11-18)15-12-14-6-4-5-13(2)16(14)20-15/h4-6,12,19H,3,7-11H2,1-2H3. The van der Waals surface area contributed by atoms with Crippen molar-refractivity contribution in [2.45, 2.75) is 38.7 Å². The number of fused-ring (bicyclic) bond motifs is 1. The first-order chi connectivity index (χ1) is 9.62. The summed E-state index contributed by atoms with van der Waals surface area (Å²) < 4.78 is 5.97. The second-order valence-corrected chi connectivity index (χ2v) is 5.98. The molecule has 20 heavy (non-hydrogen) atoms. The highest BCUT2D eigenvalue weighted by molar-refractivity contribution is 5.81. The molecule has 1 fully saturated rings. The highest BCUT2D eigenvalue weighted by atomic mass is 16.4. The second kappa shape index (κ2) is 5.23. The van der Waals surface area contributed by atoms with Gasteiger partial charge in [-0.05, 0) is 44.4 Å². The topological polar surface area (TPSA) is 36.6 Å². The monoisotopic (exact) mass is 273 g/mol. The van der Waals surface area contributed by atoms with E-state index in [1.54, 1.807) is 0 Å². The molecule has 0 unspecified atom stereocenters. The van der Waals surface area contributed by atoms with Crippen molar-refractivity contribution in [3.8, 4) is 0 Å². The Hall–Kier alpha value is -1.32. The van der Waals surface area contributed by atoms with E-state index in [2.05, 4.69) is 11.8 Å². The van der Waals surface area contributed by atoms with Crippen LogP contribution < -0.4 is 0 Å². The van der Waals surface area contributed by atoms with E-state index < -0.39 is 5.60 Å². The van der Waals surface area contributed by atoms with Crippen LogP contribution in [0.1, 0.15) is 37.5 Å². The summed E-state index contributed by atoms with van der Waals surface area (Å²) in [5, 5.41) is 12.0. The number of benzene rings is 1.